The number of benzene rings is 8. The van der Waals surface area contributed by atoms with Gasteiger partial charge in [0.05, 0.1) is 11.0 Å². The highest BCUT2D eigenvalue weighted by Crippen LogP contribution is 2.50. The molecule has 8 aromatic carbocycles. The first-order valence-electron chi connectivity index (χ1n) is 17.9. The number of fused-ring (bicyclic) bond motifs is 10. The highest BCUT2D eigenvalue weighted by molar-refractivity contribution is 6.16. The van der Waals surface area contributed by atoms with Crippen LogP contribution in [0.2, 0.25) is 0 Å². The van der Waals surface area contributed by atoms with E-state index in [1.165, 1.54) is 99.8 Å². The van der Waals surface area contributed by atoms with Crippen LogP contribution in [-0.4, -0.2) is 4.57 Å². The molecule has 0 bridgehead atoms. The first kappa shape index (κ1) is 28.4. The van der Waals surface area contributed by atoms with Crippen LogP contribution in [-0.2, 0) is 6.42 Å². The third-order valence-electron chi connectivity index (χ3n) is 11.3. The monoisotopic (exact) mass is 647 g/mol. The normalized spacial score (nSPS) is 14.0. The fraction of sp³-hybridized carbons (Fsp3) is 0.0400. The molecular formula is C50H33N. The molecule has 1 unspecified atom stereocenters. The third-order valence-corrected chi connectivity index (χ3v) is 11.3. The maximum atomic E-state index is 2.49. The Balaban J connectivity index is 1.06. The predicted molar refractivity (Wildman–Crippen MR) is 213 cm³/mol. The molecule has 1 atom stereocenters. The molecule has 1 heterocycles. The molecule has 0 amide bonds. The van der Waals surface area contributed by atoms with Gasteiger partial charge in [0.25, 0.3) is 0 Å². The Morgan fingerprint density at radius 2 is 1.06 bits per heavy atom. The summed E-state index contributed by atoms with van der Waals surface area (Å²) in [5, 5.41) is 2.59. The second-order valence-electron chi connectivity index (χ2n) is 14.0. The molecule has 51 heavy (non-hydrogen) atoms. The molecule has 1 nitrogen and oxygen atoms in total. The summed E-state index contributed by atoms with van der Waals surface area (Å²) >= 11 is 0. The van der Waals surface area contributed by atoms with Gasteiger partial charge in [0.1, 0.15) is 0 Å². The van der Waals surface area contributed by atoms with Gasteiger partial charge >= 0.3 is 0 Å². The van der Waals surface area contributed by atoms with Gasteiger partial charge in [0.2, 0.25) is 0 Å². The van der Waals surface area contributed by atoms with E-state index in [1.54, 1.807) is 0 Å². The minimum absolute atomic E-state index is 0.214. The summed E-state index contributed by atoms with van der Waals surface area (Å²) in [5.74, 6) is 0.214. The summed E-state index contributed by atoms with van der Waals surface area (Å²) in [6.07, 6.45) is 0.984. The molecule has 0 spiro atoms. The molecule has 1 heteroatoms. The molecule has 0 radical (unpaired) electrons. The van der Waals surface area contributed by atoms with Crippen molar-refractivity contribution in [2.75, 3.05) is 0 Å². The molecule has 0 fully saturated rings. The van der Waals surface area contributed by atoms with Crippen molar-refractivity contribution in [3.05, 3.63) is 210 Å². The van der Waals surface area contributed by atoms with Crippen molar-refractivity contribution < 1.29 is 0 Å². The van der Waals surface area contributed by atoms with Gasteiger partial charge in [-0.05, 0) is 104 Å². The summed E-state index contributed by atoms with van der Waals surface area (Å²) in [4.78, 5) is 0. The summed E-state index contributed by atoms with van der Waals surface area (Å²) < 4.78 is 2.49. The van der Waals surface area contributed by atoms with Crippen molar-refractivity contribution in [2.45, 2.75) is 12.3 Å². The van der Waals surface area contributed by atoms with Gasteiger partial charge in [-0.2, -0.15) is 0 Å². The largest absolute Gasteiger partial charge is 0.309 e. The summed E-state index contributed by atoms with van der Waals surface area (Å²) in [5.41, 5.74) is 21.0. The number of para-hydroxylation sites is 1. The lowest BCUT2D eigenvalue weighted by Crippen LogP contribution is -1.99. The summed E-state index contributed by atoms with van der Waals surface area (Å²) in [6.45, 7) is 0. The Morgan fingerprint density at radius 3 is 1.90 bits per heavy atom. The molecular weight excluding hydrogens is 615 g/mol. The van der Waals surface area contributed by atoms with Gasteiger partial charge in [0, 0.05) is 27.9 Å². The quantitative estimate of drug-likeness (QED) is 0.179. The lowest BCUT2D eigenvalue weighted by atomic mass is 9.88. The van der Waals surface area contributed by atoms with E-state index in [2.05, 4.69) is 187 Å². The number of hydrogen-bond donors (Lipinski definition) is 0. The zero-order valence-corrected chi connectivity index (χ0v) is 28.1. The van der Waals surface area contributed by atoms with Crippen LogP contribution in [0.3, 0.4) is 0 Å². The van der Waals surface area contributed by atoms with E-state index in [0.717, 1.165) is 6.42 Å². The van der Waals surface area contributed by atoms with Crippen molar-refractivity contribution in [2.24, 2.45) is 0 Å². The van der Waals surface area contributed by atoms with Crippen LogP contribution in [0, 0.1) is 0 Å². The third kappa shape index (κ3) is 4.28. The van der Waals surface area contributed by atoms with E-state index < -0.39 is 0 Å². The molecule has 0 saturated heterocycles. The van der Waals surface area contributed by atoms with Crippen LogP contribution in [0.1, 0.15) is 33.7 Å². The van der Waals surface area contributed by atoms with Crippen LogP contribution >= 0.6 is 0 Å². The van der Waals surface area contributed by atoms with Crippen LogP contribution < -0.4 is 0 Å². The molecule has 0 N–H and O–H groups in total. The van der Waals surface area contributed by atoms with Crippen molar-refractivity contribution in [3.8, 4) is 50.2 Å². The molecule has 2 aliphatic rings. The predicted octanol–water partition coefficient (Wildman–Crippen LogP) is 12.8. The van der Waals surface area contributed by atoms with E-state index in [4.69, 9.17) is 0 Å². The topological polar surface area (TPSA) is 4.93 Å². The Bertz CT molecular complexity index is 2800. The first-order chi connectivity index (χ1) is 25.3. The van der Waals surface area contributed by atoms with Crippen LogP contribution in [0.5, 0.6) is 0 Å². The molecule has 238 valence electrons. The Kier molecular flexibility index (Phi) is 6.15. The van der Waals surface area contributed by atoms with Gasteiger partial charge in [-0.1, -0.05) is 152 Å². The molecule has 0 aliphatic heterocycles. The lowest BCUT2D eigenvalue weighted by Gasteiger charge is -2.15. The van der Waals surface area contributed by atoms with Crippen LogP contribution in [0.25, 0.3) is 72.0 Å². The minimum Gasteiger partial charge on any atom is -0.309 e. The minimum atomic E-state index is 0.214. The SMILES string of the molecule is c1ccc(-c2ccc(C3c4ccccc4-c4cc(-c5ccc6c(c5)c5ccc7c(c5n6-c5ccccc5)-c5ccccc5C7)ccc43)cc2)cc1. The van der Waals surface area contributed by atoms with Crippen molar-refractivity contribution in [3.63, 3.8) is 0 Å². The maximum absolute atomic E-state index is 2.49. The molecule has 1 aromatic heterocycles. The van der Waals surface area contributed by atoms with Crippen LogP contribution in [0.15, 0.2) is 182 Å². The van der Waals surface area contributed by atoms with Gasteiger partial charge in [0.15, 0.2) is 0 Å². The van der Waals surface area contributed by atoms with E-state index in [0.29, 0.717) is 0 Å². The van der Waals surface area contributed by atoms with Crippen molar-refractivity contribution >= 4 is 21.8 Å². The zero-order chi connectivity index (χ0) is 33.5. The maximum Gasteiger partial charge on any atom is 0.0622 e. The number of hydrogen-bond acceptors (Lipinski definition) is 0. The van der Waals surface area contributed by atoms with Gasteiger partial charge < -0.3 is 4.57 Å². The van der Waals surface area contributed by atoms with E-state index in [-0.39, 0.29) is 5.92 Å². The number of rotatable bonds is 4. The fourth-order valence-corrected chi connectivity index (χ4v) is 8.99. The van der Waals surface area contributed by atoms with E-state index >= 15 is 0 Å². The molecule has 2 aliphatic carbocycles. The smallest absolute Gasteiger partial charge is 0.0622 e. The van der Waals surface area contributed by atoms with Gasteiger partial charge in [-0.25, -0.2) is 0 Å². The average molecular weight is 648 g/mol. The average Bonchev–Trinajstić information content (AvgIpc) is 3.86. The summed E-state index contributed by atoms with van der Waals surface area (Å²) in [7, 11) is 0. The second-order valence-corrected chi connectivity index (χ2v) is 14.0. The standard InChI is InChI=1S/C50H33N/c1-3-11-32(12-4-1)33-19-21-34(22-20-33)48-42-18-10-9-17-41(42)45-30-35(23-26-43(45)48)36-25-28-47-46(31-36)44-27-24-38-29-37-13-7-8-16-40(37)49(38)50(44)51(47)39-14-5-2-6-15-39/h1-28,30-31,48H,29H2. The number of nitrogens with zero attached hydrogens (tertiary/aromatic N) is 1. The van der Waals surface area contributed by atoms with Crippen molar-refractivity contribution in [1.82, 2.24) is 4.57 Å². The Hall–Kier alpha value is -6.44. The lowest BCUT2D eigenvalue weighted by molar-refractivity contribution is 1.02. The van der Waals surface area contributed by atoms with Crippen LogP contribution in [0.4, 0.5) is 0 Å². The molecule has 9 aromatic rings. The molecule has 11 rings (SSSR count). The Morgan fingerprint density at radius 1 is 0.412 bits per heavy atom. The van der Waals surface area contributed by atoms with Crippen molar-refractivity contribution in [1.29, 1.82) is 0 Å². The number of aromatic nitrogens is 1. The highest BCUT2D eigenvalue weighted by atomic mass is 15.0. The zero-order valence-electron chi connectivity index (χ0n) is 28.1. The summed E-state index contributed by atoms with van der Waals surface area (Å²) in [6, 6.07) is 67.5. The van der Waals surface area contributed by atoms with E-state index in [9.17, 15) is 0 Å². The molecule has 0 saturated carbocycles. The fourth-order valence-electron chi connectivity index (χ4n) is 8.99. The first-order valence-corrected chi connectivity index (χ1v) is 17.9. The highest BCUT2D eigenvalue weighted by Gasteiger charge is 2.30. The van der Waals surface area contributed by atoms with Gasteiger partial charge in [-0.3, -0.25) is 0 Å². The second kappa shape index (κ2) is 11.0. The van der Waals surface area contributed by atoms with E-state index in [1.807, 2.05) is 0 Å². The van der Waals surface area contributed by atoms with Gasteiger partial charge in [-0.15, -0.1) is 0 Å². The Labute approximate surface area is 297 Å².